The van der Waals surface area contributed by atoms with E-state index in [1.807, 2.05) is 12.1 Å². The fourth-order valence-electron chi connectivity index (χ4n) is 4.41. The van der Waals surface area contributed by atoms with Crippen LogP contribution in [0, 0.1) is 0 Å². The summed E-state index contributed by atoms with van der Waals surface area (Å²) in [5.74, 6) is 0. The molecule has 0 saturated carbocycles. The molecule has 12 heteroatoms. The Kier molecular flexibility index (Phi) is 7.32. The maximum absolute atomic E-state index is 11.8. The Morgan fingerprint density at radius 3 is 0.865 bits per heavy atom. The van der Waals surface area contributed by atoms with Crippen LogP contribution in [0.1, 0.15) is 22.3 Å². The summed E-state index contributed by atoms with van der Waals surface area (Å²) in [5, 5.41) is -0.564. The smallest absolute Gasteiger partial charge is 0.321 e. The Labute approximate surface area is 212 Å². The lowest BCUT2D eigenvalue weighted by Gasteiger charge is -2.37. The van der Waals surface area contributed by atoms with Crippen LogP contribution in [0.2, 0.25) is 0 Å². The first-order valence-electron chi connectivity index (χ1n) is 10.8. The second-order valence-corrected chi connectivity index (χ2v) is 13.2. The van der Waals surface area contributed by atoms with Crippen LogP contribution in [0.5, 0.6) is 0 Å². The third-order valence-electron chi connectivity index (χ3n) is 6.12. The Morgan fingerprint density at radius 2 is 0.622 bits per heavy atom. The molecule has 0 heterocycles. The van der Waals surface area contributed by atoms with E-state index in [-0.39, 0.29) is 15.9 Å². The molecule has 4 rings (SSSR count). The van der Waals surface area contributed by atoms with Crippen LogP contribution in [-0.4, -0.2) is 29.4 Å². The third-order valence-corrected chi connectivity index (χ3v) is 9.03. The summed E-state index contributed by atoms with van der Waals surface area (Å²) in [4.78, 5) is 57.7. The van der Waals surface area contributed by atoms with E-state index in [0.29, 0.717) is 22.3 Å². The molecule has 0 radical (unpaired) electrons. The van der Waals surface area contributed by atoms with Crippen molar-refractivity contribution in [2.24, 2.45) is 0 Å². The van der Waals surface area contributed by atoms with Gasteiger partial charge in [-0.25, -0.2) is 0 Å². The molecule has 4 aromatic carbocycles. The molecule has 0 saturated heterocycles. The predicted octanol–water partition coefficient (Wildman–Crippen LogP) is 2.48. The van der Waals surface area contributed by atoms with E-state index >= 15 is 0 Å². The highest BCUT2D eigenvalue weighted by Crippen LogP contribution is 2.46. The summed E-state index contributed by atoms with van der Waals surface area (Å²) >= 11 is 0. The summed E-state index contributed by atoms with van der Waals surface area (Å²) in [6, 6.07) is 26.2. The highest BCUT2D eigenvalue weighted by atomic mass is 31.2. The molecular weight excluding hydrogens is 537 g/mol. The molecule has 0 fully saturated rings. The van der Waals surface area contributed by atoms with Crippen LogP contribution in [-0.2, 0) is 19.1 Å². The highest BCUT2D eigenvalue weighted by Gasteiger charge is 2.39. The van der Waals surface area contributed by atoms with E-state index in [9.17, 15) is 43.1 Å². The van der Waals surface area contributed by atoms with Crippen LogP contribution >= 0.6 is 22.8 Å². The maximum Gasteiger partial charge on any atom is 0.356 e. The monoisotopic (exact) mass is 560 g/mol. The van der Waals surface area contributed by atoms with Crippen LogP contribution in [0.4, 0.5) is 0 Å². The molecule has 192 valence electrons. The van der Waals surface area contributed by atoms with Gasteiger partial charge in [-0.15, -0.1) is 0 Å². The lowest BCUT2D eigenvalue weighted by Crippen LogP contribution is -2.32. The van der Waals surface area contributed by atoms with E-state index in [4.69, 9.17) is 0 Å². The van der Waals surface area contributed by atoms with Gasteiger partial charge in [-0.1, -0.05) is 66.7 Å². The van der Waals surface area contributed by atoms with Gasteiger partial charge < -0.3 is 29.4 Å². The Hall–Kier alpha value is -2.67. The number of rotatable bonds is 7. The van der Waals surface area contributed by atoms with Crippen LogP contribution in [0.3, 0.4) is 0 Å². The molecule has 0 bridgehead atoms. The van der Waals surface area contributed by atoms with Crippen molar-refractivity contribution in [3.63, 3.8) is 0 Å². The molecule has 0 atom stereocenters. The van der Waals surface area contributed by atoms with Crippen LogP contribution in [0.25, 0.3) is 0 Å². The molecule has 0 unspecified atom stereocenters. The fraction of sp³-hybridized carbons (Fsp3) is 0.0400. The molecule has 0 aliphatic rings. The summed E-state index contributed by atoms with van der Waals surface area (Å²) in [5.41, 5.74) is 1.19. The van der Waals surface area contributed by atoms with Crippen molar-refractivity contribution in [2.45, 2.75) is 5.41 Å². The second kappa shape index (κ2) is 9.90. The van der Waals surface area contributed by atoms with Gasteiger partial charge in [-0.05, 0) is 58.7 Å². The van der Waals surface area contributed by atoms with Crippen molar-refractivity contribution < 1.29 is 43.1 Å². The molecule has 0 amide bonds. The minimum absolute atomic E-state index is 0.188. The normalized spacial score (nSPS) is 12.9. The number of hydrogen-bond acceptors (Lipinski definition) is 3. The molecule has 4 aromatic rings. The Balaban J connectivity index is 2.08. The molecule has 0 spiro atoms. The zero-order valence-corrected chi connectivity index (χ0v) is 21.7. The average molecular weight is 560 g/mol. The molecule has 0 aliphatic heterocycles. The van der Waals surface area contributed by atoms with E-state index in [1.54, 1.807) is 54.6 Å². The van der Waals surface area contributed by atoms with Gasteiger partial charge in [0.05, 0.1) is 21.3 Å². The summed E-state index contributed by atoms with van der Waals surface area (Å²) in [6.07, 6.45) is 0. The standard InChI is InChI=1S/C25H23O9P3/c26-35(27,28)22-12-6-19(7-13-22)25(18-4-2-1-3-5-18,20-8-14-23(15-9-20)36(29,30)31)21-10-16-24(17-11-21)37(32,33)34/h1-17H,(H2,26,27,28)(H2,29,30,31)(H2,32,33,34). The largest absolute Gasteiger partial charge is 0.356 e. The molecular formula is C25H23O9P3. The minimum atomic E-state index is -4.53. The summed E-state index contributed by atoms with van der Waals surface area (Å²) in [6.45, 7) is 0. The Bertz CT molecular complexity index is 1380. The van der Waals surface area contributed by atoms with E-state index in [2.05, 4.69) is 0 Å². The zero-order valence-electron chi connectivity index (χ0n) is 19.1. The maximum atomic E-state index is 11.8. The zero-order chi connectivity index (χ0) is 27.1. The van der Waals surface area contributed by atoms with Crippen molar-refractivity contribution in [3.8, 4) is 0 Å². The van der Waals surface area contributed by atoms with Crippen LogP contribution in [0.15, 0.2) is 103 Å². The van der Waals surface area contributed by atoms with Crippen molar-refractivity contribution in [1.82, 2.24) is 0 Å². The quantitative estimate of drug-likeness (QED) is 0.147. The molecule has 37 heavy (non-hydrogen) atoms. The van der Waals surface area contributed by atoms with Crippen LogP contribution < -0.4 is 15.9 Å². The van der Waals surface area contributed by atoms with Gasteiger partial charge in [0.2, 0.25) is 0 Å². The second-order valence-electron chi connectivity index (χ2n) is 8.39. The van der Waals surface area contributed by atoms with Gasteiger partial charge in [0.15, 0.2) is 0 Å². The first-order chi connectivity index (χ1) is 17.2. The minimum Gasteiger partial charge on any atom is -0.321 e. The highest BCUT2D eigenvalue weighted by molar-refractivity contribution is 7.60. The fourth-order valence-corrected chi connectivity index (χ4v) is 6.02. The SMILES string of the molecule is O=P(O)(O)c1ccc(C(c2ccccc2)(c2ccc(P(=O)(O)O)cc2)c2ccc(P(=O)(O)O)cc2)cc1. The number of hydrogen-bond donors (Lipinski definition) is 6. The van der Waals surface area contributed by atoms with E-state index < -0.39 is 28.2 Å². The van der Waals surface area contributed by atoms with Gasteiger partial charge >= 0.3 is 22.8 Å². The van der Waals surface area contributed by atoms with E-state index in [0.717, 1.165) is 0 Å². The molecule has 0 aliphatic carbocycles. The van der Waals surface area contributed by atoms with Crippen molar-refractivity contribution in [1.29, 1.82) is 0 Å². The first-order valence-corrected chi connectivity index (χ1v) is 15.6. The lowest BCUT2D eigenvalue weighted by atomic mass is 9.65. The Morgan fingerprint density at radius 1 is 0.378 bits per heavy atom. The first kappa shape index (κ1) is 27.4. The van der Waals surface area contributed by atoms with Crippen molar-refractivity contribution in [2.75, 3.05) is 0 Å². The summed E-state index contributed by atoms with van der Waals surface area (Å²) in [7, 11) is -13.6. The van der Waals surface area contributed by atoms with Crippen molar-refractivity contribution >= 4 is 38.7 Å². The third kappa shape index (κ3) is 5.47. The van der Waals surface area contributed by atoms with Crippen molar-refractivity contribution in [3.05, 3.63) is 125 Å². The average Bonchev–Trinajstić information content (AvgIpc) is 2.85. The van der Waals surface area contributed by atoms with E-state index in [1.165, 1.54) is 36.4 Å². The topological polar surface area (TPSA) is 173 Å². The van der Waals surface area contributed by atoms with Gasteiger partial charge in [-0.2, -0.15) is 0 Å². The summed E-state index contributed by atoms with van der Waals surface area (Å²) < 4.78 is 35.4. The van der Waals surface area contributed by atoms with Gasteiger partial charge in [0, 0.05) is 0 Å². The van der Waals surface area contributed by atoms with Gasteiger partial charge in [0.1, 0.15) is 0 Å². The molecule has 9 nitrogen and oxygen atoms in total. The van der Waals surface area contributed by atoms with Gasteiger partial charge in [0.25, 0.3) is 0 Å². The lowest BCUT2D eigenvalue weighted by molar-refractivity contribution is 0.385. The number of benzene rings is 4. The molecule has 6 N–H and O–H groups in total. The predicted molar refractivity (Wildman–Crippen MR) is 140 cm³/mol. The molecule has 0 aromatic heterocycles. The van der Waals surface area contributed by atoms with Gasteiger partial charge in [-0.3, -0.25) is 13.7 Å².